The molecule has 2 N–H and O–H groups in total. The highest BCUT2D eigenvalue weighted by atomic mass is 15.1. The van der Waals surface area contributed by atoms with Crippen LogP contribution in [0.15, 0.2) is 18.5 Å². The van der Waals surface area contributed by atoms with Gasteiger partial charge in [0.1, 0.15) is 11.3 Å². The maximum atomic E-state index is 5.99. The number of rotatable bonds is 4. The molecule has 0 aromatic carbocycles. The van der Waals surface area contributed by atoms with Crippen molar-refractivity contribution in [3.63, 3.8) is 0 Å². The van der Waals surface area contributed by atoms with Gasteiger partial charge in [0.2, 0.25) is 0 Å². The zero-order chi connectivity index (χ0) is 12.8. The predicted octanol–water partition coefficient (Wildman–Crippen LogP) is 2.39. The van der Waals surface area contributed by atoms with E-state index in [2.05, 4.69) is 29.5 Å². The highest BCUT2D eigenvalue weighted by molar-refractivity contribution is 5.75. The second-order valence-electron chi connectivity index (χ2n) is 5.52. The lowest BCUT2D eigenvalue weighted by molar-refractivity contribution is 0.418. The predicted molar refractivity (Wildman–Crippen MR) is 72.5 cm³/mol. The lowest BCUT2D eigenvalue weighted by Crippen LogP contribution is -2.34. The standard InChI is InChI=1S/C14H20N4/c1-3-14(2,9-15)13-17-11-8-16-7-6-12(11)18(13)10-4-5-10/h6-8,10H,3-5,9,15H2,1-2H3. The van der Waals surface area contributed by atoms with E-state index >= 15 is 0 Å². The Morgan fingerprint density at radius 1 is 1.50 bits per heavy atom. The Morgan fingerprint density at radius 3 is 2.89 bits per heavy atom. The van der Waals surface area contributed by atoms with Gasteiger partial charge in [-0.1, -0.05) is 13.8 Å². The summed E-state index contributed by atoms with van der Waals surface area (Å²) in [5.41, 5.74) is 8.15. The first-order valence-corrected chi connectivity index (χ1v) is 6.72. The van der Waals surface area contributed by atoms with Crippen LogP contribution in [0.25, 0.3) is 11.0 Å². The Kier molecular flexibility index (Phi) is 2.63. The van der Waals surface area contributed by atoms with Gasteiger partial charge < -0.3 is 10.3 Å². The maximum absolute atomic E-state index is 5.99. The number of hydrogen-bond donors (Lipinski definition) is 1. The molecule has 1 fully saturated rings. The monoisotopic (exact) mass is 244 g/mol. The number of fused-ring (bicyclic) bond motifs is 1. The SMILES string of the molecule is CCC(C)(CN)c1nc2cnccc2n1C1CC1. The molecule has 3 rings (SSSR count). The molecule has 0 aliphatic heterocycles. The minimum Gasteiger partial charge on any atom is -0.329 e. The molecule has 0 spiro atoms. The van der Waals surface area contributed by atoms with Gasteiger partial charge >= 0.3 is 0 Å². The smallest absolute Gasteiger partial charge is 0.117 e. The van der Waals surface area contributed by atoms with Crippen LogP contribution in [0, 0.1) is 0 Å². The Morgan fingerprint density at radius 2 is 2.28 bits per heavy atom. The molecule has 1 unspecified atom stereocenters. The normalized spacial score (nSPS) is 19.1. The van der Waals surface area contributed by atoms with Gasteiger partial charge in [-0.2, -0.15) is 0 Å². The van der Waals surface area contributed by atoms with E-state index < -0.39 is 0 Å². The average molecular weight is 244 g/mol. The molecule has 0 bridgehead atoms. The van der Waals surface area contributed by atoms with Gasteiger partial charge in [-0.15, -0.1) is 0 Å². The fourth-order valence-electron chi connectivity index (χ4n) is 2.47. The van der Waals surface area contributed by atoms with Crippen molar-refractivity contribution in [1.82, 2.24) is 14.5 Å². The van der Waals surface area contributed by atoms with Gasteiger partial charge in [0.05, 0.1) is 11.7 Å². The molecule has 2 heterocycles. The Balaban J connectivity index is 2.24. The third kappa shape index (κ3) is 1.63. The van der Waals surface area contributed by atoms with Crippen molar-refractivity contribution in [3.05, 3.63) is 24.3 Å². The molecule has 0 saturated heterocycles. The van der Waals surface area contributed by atoms with Gasteiger partial charge in [0.15, 0.2) is 0 Å². The molecule has 2 aromatic heterocycles. The second-order valence-corrected chi connectivity index (χ2v) is 5.52. The number of imidazole rings is 1. The summed E-state index contributed by atoms with van der Waals surface area (Å²) in [7, 11) is 0. The number of hydrogen-bond acceptors (Lipinski definition) is 3. The third-order valence-corrected chi connectivity index (χ3v) is 4.17. The molecule has 4 nitrogen and oxygen atoms in total. The minimum atomic E-state index is -0.0401. The van der Waals surface area contributed by atoms with E-state index in [1.807, 2.05) is 12.4 Å². The Labute approximate surface area is 107 Å². The van der Waals surface area contributed by atoms with E-state index in [0.717, 1.165) is 17.8 Å². The van der Waals surface area contributed by atoms with Crippen molar-refractivity contribution in [3.8, 4) is 0 Å². The van der Waals surface area contributed by atoms with E-state index in [-0.39, 0.29) is 5.41 Å². The van der Waals surface area contributed by atoms with Gasteiger partial charge in [-0.25, -0.2) is 4.98 Å². The first kappa shape index (κ1) is 11.7. The molecule has 1 aliphatic carbocycles. The largest absolute Gasteiger partial charge is 0.329 e. The maximum Gasteiger partial charge on any atom is 0.117 e. The Hall–Kier alpha value is -1.42. The summed E-state index contributed by atoms with van der Waals surface area (Å²) in [6.07, 6.45) is 7.21. The van der Waals surface area contributed by atoms with Crippen LogP contribution >= 0.6 is 0 Å². The van der Waals surface area contributed by atoms with Gasteiger partial charge in [-0.05, 0) is 25.3 Å². The van der Waals surface area contributed by atoms with Crippen LogP contribution in [0.2, 0.25) is 0 Å². The Bertz CT molecular complexity index is 564. The van der Waals surface area contributed by atoms with E-state index in [1.165, 1.54) is 18.4 Å². The summed E-state index contributed by atoms with van der Waals surface area (Å²) in [4.78, 5) is 8.98. The molecule has 1 atom stereocenters. The van der Waals surface area contributed by atoms with Crippen molar-refractivity contribution in [2.75, 3.05) is 6.54 Å². The summed E-state index contributed by atoms with van der Waals surface area (Å²) >= 11 is 0. The van der Waals surface area contributed by atoms with Crippen molar-refractivity contribution >= 4 is 11.0 Å². The van der Waals surface area contributed by atoms with Crippen LogP contribution in [-0.2, 0) is 5.41 Å². The van der Waals surface area contributed by atoms with Crippen molar-refractivity contribution in [1.29, 1.82) is 0 Å². The van der Waals surface area contributed by atoms with Crippen molar-refractivity contribution < 1.29 is 0 Å². The molecule has 18 heavy (non-hydrogen) atoms. The van der Waals surface area contributed by atoms with Crippen LogP contribution in [0.3, 0.4) is 0 Å². The van der Waals surface area contributed by atoms with Crippen LogP contribution in [0.4, 0.5) is 0 Å². The van der Waals surface area contributed by atoms with Crippen molar-refractivity contribution in [2.24, 2.45) is 5.73 Å². The van der Waals surface area contributed by atoms with Gasteiger partial charge in [0, 0.05) is 24.2 Å². The number of nitrogens with zero attached hydrogens (tertiary/aromatic N) is 3. The number of pyridine rings is 1. The fourth-order valence-corrected chi connectivity index (χ4v) is 2.47. The summed E-state index contributed by atoms with van der Waals surface area (Å²) in [6.45, 7) is 5.02. The van der Waals surface area contributed by atoms with E-state index in [9.17, 15) is 0 Å². The van der Waals surface area contributed by atoms with E-state index in [0.29, 0.717) is 12.6 Å². The van der Waals surface area contributed by atoms with Gasteiger partial charge in [0.25, 0.3) is 0 Å². The molecular formula is C14H20N4. The molecule has 4 heteroatoms. The first-order valence-electron chi connectivity index (χ1n) is 6.72. The second kappa shape index (κ2) is 4.05. The lowest BCUT2D eigenvalue weighted by Gasteiger charge is -2.26. The number of aromatic nitrogens is 3. The van der Waals surface area contributed by atoms with Crippen LogP contribution in [0.1, 0.15) is 45.0 Å². The highest BCUT2D eigenvalue weighted by Crippen LogP contribution is 2.41. The van der Waals surface area contributed by atoms with Crippen LogP contribution in [0.5, 0.6) is 0 Å². The quantitative estimate of drug-likeness (QED) is 0.898. The van der Waals surface area contributed by atoms with Crippen molar-refractivity contribution in [2.45, 2.75) is 44.6 Å². The third-order valence-electron chi connectivity index (χ3n) is 4.17. The molecule has 1 saturated carbocycles. The zero-order valence-electron chi connectivity index (χ0n) is 11.1. The van der Waals surface area contributed by atoms with Gasteiger partial charge in [-0.3, -0.25) is 4.98 Å². The summed E-state index contributed by atoms with van der Waals surface area (Å²) in [5.74, 6) is 1.14. The van der Waals surface area contributed by atoms with Crippen LogP contribution in [-0.4, -0.2) is 21.1 Å². The molecule has 0 amide bonds. The molecule has 2 aromatic rings. The first-order chi connectivity index (χ1) is 8.69. The summed E-state index contributed by atoms with van der Waals surface area (Å²) in [5, 5.41) is 0. The topological polar surface area (TPSA) is 56.7 Å². The summed E-state index contributed by atoms with van der Waals surface area (Å²) < 4.78 is 2.40. The lowest BCUT2D eigenvalue weighted by atomic mass is 9.86. The zero-order valence-corrected chi connectivity index (χ0v) is 11.1. The highest BCUT2D eigenvalue weighted by Gasteiger charge is 2.35. The number of nitrogens with two attached hydrogens (primary N) is 1. The van der Waals surface area contributed by atoms with E-state index in [4.69, 9.17) is 10.7 Å². The summed E-state index contributed by atoms with van der Waals surface area (Å²) in [6, 6.07) is 2.68. The van der Waals surface area contributed by atoms with E-state index in [1.54, 1.807) is 0 Å². The minimum absolute atomic E-state index is 0.0401. The molecule has 0 radical (unpaired) electrons. The fraction of sp³-hybridized carbons (Fsp3) is 0.571. The molecule has 1 aliphatic rings. The average Bonchev–Trinajstić information content (AvgIpc) is 3.17. The van der Waals surface area contributed by atoms with Crippen LogP contribution < -0.4 is 5.73 Å². The molecule has 96 valence electrons. The molecular weight excluding hydrogens is 224 g/mol.